The molecule has 24 heavy (non-hydrogen) atoms. The van der Waals surface area contributed by atoms with E-state index < -0.39 is 21.2 Å². The average Bonchev–Trinajstić information content (AvgIpc) is 2.88. The van der Waals surface area contributed by atoms with Crippen LogP contribution in [0.3, 0.4) is 0 Å². The van der Waals surface area contributed by atoms with Gasteiger partial charge in [0.2, 0.25) is 5.78 Å². The Morgan fingerprint density at radius 2 is 2.00 bits per heavy atom. The van der Waals surface area contributed by atoms with E-state index in [-0.39, 0.29) is 33.2 Å². The van der Waals surface area contributed by atoms with Gasteiger partial charge in [0.05, 0.1) is 16.5 Å². The summed E-state index contributed by atoms with van der Waals surface area (Å²) in [7, 11) is -2.15. The van der Waals surface area contributed by atoms with E-state index in [0.29, 0.717) is 6.54 Å². The van der Waals surface area contributed by atoms with E-state index in [1.165, 1.54) is 30.1 Å². The first-order valence-electron chi connectivity index (χ1n) is 7.05. The van der Waals surface area contributed by atoms with E-state index in [9.17, 15) is 18.0 Å². The summed E-state index contributed by atoms with van der Waals surface area (Å²) in [5.41, 5.74) is -0.275. The number of hydrogen-bond donors (Lipinski definition) is 1. The van der Waals surface area contributed by atoms with Crippen LogP contribution < -0.4 is 5.56 Å². The Labute approximate surface area is 144 Å². The predicted octanol–water partition coefficient (Wildman–Crippen LogP) is 1.63. The Morgan fingerprint density at radius 1 is 1.33 bits per heavy atom. The largest absolute Gasteiger partial charge is 0.380 e. The molecule has 1 aromatic carbocycles. The molecule has 0 aliphatic carbocycles. The van der Waals surface area contributed by atoms with Gasteiger partial charge in [0.15, 0.2) is 9.84 Å². The second kappa shape index (κ2) is 6.92. The second-order valence-electron chi connectivity index (χ2n) is 5.17. The van der Waals surface area contributed by atoms with Crippen LogP contribution in [0, 0.1) is 0 Å². The predicted molar refractivity (Wildman–Crippen MR) is 89.4 cm³/mol. The van der Waals surface area contributed by atoms with Crippen LogP contribution >= 0.6 is 11.6 Å². The van der Waals surface area contributed by atoms with Crippen molar-refractivity contribution in [3.05, 3.63) is 50.4 Å². The first-order valence-corrected chi connectivity index (χ1v) is 9.32. The van der Waals surface area contributed by atoms with Gasteiger partial charge in [0, 0.05) is 37.2 Å². The molecule has 2 aromatic rings. The van der Waals surface area contributed by atoms with Crippen molar-refractivity contribution in [3.8, 4) is 0 Å². The molecular weight excluding hydrogens is 356 g/mol. The van der Waals surface area contributed by atoms with Crippen LogP contribution in [0.1, 0.15) is 28.4 Å². The molecule has 0 amide bonds. The highest BCUT2D eigenvalue weighted by atomic mass is 35.5. The molecule has 9 heteroatoms. The third-order valence-electron chi connectivity index (χ3n) is 3.53. The fraction of sp³-hybridized carbons (Fsp3) is 0.333. The fourth-order valence-electron chi connectivity index (χ4n) is 2.36. The molecule has 0 fully saturated rings. The lowest BCUT2D eigenvalue weighted by Gasteiger charge is -2.12. The minimum absolute atomic E-state index is 0.00839. The van der Waals surface area contributed by atoms with Crippen LogP contribution in [0.25, 0.3) is 0 Å². The zero-order valence-electron chi connectivity index (χ0n) is 13.4. The third kappa shape index (κ3) is 3.31. The molecule has 0 saturated carbocycles. The number of H-pyrrole nitrogens is 1. The maximum atomic E-state index is 12.6. The van der Waals surface area contributed by atoms with Gasteiger partial charge in [-0.15, -0.1) is 0 Å². The van der Waals surface area contributed by atoms with E-state index in [1.54, 1.807) is 6.92 Å². The smallest absolute Gasteiger partial charge is 0.277 e. The van der Waals surface area contributed by atoms with Crippen LogP contribution in [0.2, 0.25) is 5.02 Å². The number of aryl methyl sites for hydroxylation is 1. The zero-order chi connectivity index (χ0) is 18.1. The van der Waals surface area contributed by atoms with E-state index in [0.717, 1.165) is 6.26 Å². The van der Waals surface area contributed by atoms with E-state index >= 15 is 0 Å². The molecule has 0 spiro atoms. The van der Waals surface area contributed by atoms with Crippen molar-refractivity contribution in [2.24, 2.45) is 0 Å². The topological polar surface area (TPSA) is 98.2 Å². The molecule has 0 aliphatic heterocycles. The monoisotopic (exact) mass is 372 g/mol. The molecular formula is C15H17ClN2O5S. The van der Waals surface area contributed by atoms with Gasteiger partial charge >= 0.3 is 0 Å². The number of carbonyl (C=O) groups is 1. The standard InChI is InChI=1S/C15H17ClN2O5S/c1-4-18-15(20)10(7-17-18)14(19)9-5-6-12(24(3,21)22)11(8-23-2)13(9)16/h5-7,17H,4,8H2,1-3H3. The Balaban J connectivity index is 2.63. The SMILES string of the molecule is CCn1[nH]cc(C(=O)c2ccc(S(C)(=O)=O)c(COC)c2Cl)c1=O. The van der Waals surface area contributed by atoms with Gasteiger partial charge in [0.1, 0.15) is 5.56 Å². The second-order valence-corrected chi connectivity index (χ2v) is 7.54. The normalized spacial score (nSPS) is 11.7. The Morgan fingerprint density at radius 3 is 2.50 bits per heavy atom. The number of carbonyl (C=O) groups excluding carboxylic acids is 1. The molecule has 0 bridgehead atoms. The van der Waals surface area contributed by atoms with Gasteiger partial charge in [0.25, 0.3) is 5.56 Å². The number of methoxy groups -OCH3 is 1. The number of halogens is 1. The molecule has 0 unspecified atom stereocenters. The first-order chi connectivity index (χ1) is 11.2. The number of rotatable bonds is 6. The quantitative estimate of drug-likeness (QED) is 0.777. The molecule has 1 aromatic heterocycles. The Kier molecular flexibility index (Phi) is 5.32. The van der Waals surface area contributed by atoms with Crippen molar-refractivity contribution in [2.45, 2.75) is 25.0 Å². The van der Waals surface area contributed by atoms with Crippen LogP contribution in [0.5, 0.6) is 0 Å². The van der Waals surface area contributed by atoms with E-state index in [4.69, 9.17) is 16.3 Å². The third-order valence-corrected chi connectivity index (χ3v) is 5.15. The zero-order valence-corrected chi connectivity index (χ0v) is 15.0. The van der Waals surface area contributed by atoms with Crippen molar-refractivity contribution < 1.29 is 17.9 Å². The Bertz CT molecular complexity index is 943. The van der Waals surface area contributed by atoms with Crippen molar-refractivity contribution in [2.75, 3.05) is 13.4 Å². The summed E-state index contributed by atoms with van der Waals surface area (Å²) in [6, 6.07) is 2.61. The molecule has 0 saturated heterocycles. The number of aromatic amines is 1. The van der Waals surface area contributed by atoms with E-state index in [1.807, 2.05) is 0 Å². The molecule has 0 aliphatic rings. The summed E-state index contributed by atoms with van der Waals surface area (Å²) in [5, 5.41) is 2.66. The molecule has 130 valence electrons. The van der Waals surface area contributed by atoms with Crippen LogP contribution in [0.4, 0.5) is 0 Å². The first kappa shape index (κ1) is 18.4. The maximum Gasteiger partial charge on any atom is 0.277 e. The summed E-state index contributed by atoms with van der Waals surface area (Å²) >= 11 is 6.25. The molecule has 0 atom stereocenters. The van der Waals surface area contributed by atoms with Gasteiger partial charge in [-0.3, -0.25) is 14.3 Å². The highest BCUT2D eigenvalue weighted by Gasteiger charge is 2.24. The number of nitrogens with one attached hydrogen (secondary N) is 1. The fourth-order valence-corrected chi connectivity index (χ4v) is 3.64. The van der Waals surface area contributed by atoms with Crippen molar-refractivity contribution in [1.82, 2.24) is 9.78 Å². The minimum Gasteiger partial charge on any atom is -0.380 e. The van der Waals surface area contributed by atoms with Gasteiger partial charge in [-0.2, -0.15) is 0 Å². The maximum absolute atomic E-state index is 12.6. The van der Waals surface area contributed by atoms with Gasteiger partial charge < -0.3 is 9.84 Å². The number of sulfone groups is 1. The highest BCUT2D eigenvalue weighted by molar-refractivity contribution is 7.90. The van der Waals surface area contributed by atoms with Crippen molar-refractivity contribution in [1.29, 1.82) is 0 Å². The molecule has 7 nitrogen and oxygen atoms in total. The summed E-state index contributed by atoms with van der Waals surface area (Å²) in [4.78, 5) is 24.7. The van der Waals surface area contributed by atoms with Gasteiger partial charge in [-0.1, -0.05) is 11.6 Å². The highest BCUT2D eigenvalue weighted by Crippen LogP contribution is 2.29. The summed E-state index contributed by atoms with van der Waals surface area (Å²) < 4.78 is 30.0. The molecule has 1 N–H and O–H groups in total. The summed E-state index contributed by atoms with van der Waals surface area (Å²) in [6.07, 6.45) is 2.36. The van der Waals surface area contributed by atoms with Gasteiger partial charge in [-0.25, -0.2) is 8.42 Å². The lowest BCUT2D eigenvalue weighted by atomic mass is 10.0. The molecule has 1 heterocycles. The molecule has 0 radical (unpaired) electrons. The summed E-state index contributed by atoms with van der Waals surface area (Å²) in [5.74, 6) is -0.578. The Hall–Kier alpha value is -1.90. The number of ketones is 1. The van der Waals surface area contributed by atoms with Crippen LogP contribution in [0.15, 0.2) is 28.0 Å². The average molecular weight is 373 g/mol. The van der Waals surface area contributed by atoms with E-state index in [2.05, 4.69) is 5.10 Å². The number of aromatic nitrogens is 2. The number of benzene rings is 1. The minimum atomic E-state index is -3.54. The molecule has 2 rings (SSSR count). The van der Waals surface area contributed by atoms with Crippen molar-refractivity contribution >= 4 is 27.2 Å². The number of nitrogens with zero attached hydrogens (tertiary/aromatic N) is 1. The van der Waals surface area contributed by atoms with Crippen LogP contribution in [-0.2, 0) is 27.7 Å². The lowest BCUT2D eigenvalue weighted by molar-refractivity contribution is 0.103. The number of hydrogen-bond acceptors (Lipinski definition) is 5. The van der Waals surface area contributed by atoms with Crippen LogP contribution in [-0.4, -0.2) is 37.3 Å². The van der Waals surface area contributed by atoms with Crippen molar-refractivity contribution in [3.63, 3.8) is 0 Å². The lowest BCUT2D eigenvalue weighted by Crippen LogP contribution is -2.21. The number of ether oxygens (including phenoxy) is 1. The van der Waals surface area contributed by atoms with Gasteiger partial charge in [-0.05, 0) is 19.1 Å². The summed E-state index contributed by atoms with van der Waals surface area (Å²) in [6.45, 7) is 2.08.